The zero-order valence-electron chi connectivity index (χ0n) is 16.8. The van der Waals surface area contributed by atoms with Crippen LogP contribution >= 0.6 is 31.9 Å². The third-order valence-corrected chi connectivity index (χ3v) is 4.52. The van der Waals surface area contributed by atoms with Crippen molar-refractivity contribution in [3.63, 3.8) is 0 Å². The zero-order valence-corrected chi connectivity index (χ0v) is 20.0. The first-order chi connectivity index (χ1) is 15.7. The van der Waals surface area contributed by atoms with E-state index in [0.29, 0.717) is 16.7 Å². The summed E-state index contributed by atoms with van der Waals surface area (Å²) in [5, 5.41) is 15.1. The van der Waals surface area contributed by atoms with Gasteiger partial charge in [-0.2, -0.15) is 0 Å². The van der Waals surface area contributed by atoms with E-state index in [-0.39, 0.29) is 0 Å². The highest BCUT2D eigenvalue weighted by Crippen LogP contribution is 2.04. The van der Waals surface area contributed by atoms with E-state index in [0.717, 1.165) is 29.8 Å². The number of halogens is 2. The summed E-state index contributed by atoms with van der Waals surface area (Å²) >= 11 is 6.45. The lowest BCUT2D eigenvalue weighted by molar-refractivity contribution is 0.597. The first kappa shape index (κ1) is 23.4. The second-order valence-electron chi connectivity index (χ2n) is 6.06. The van der Waals surface area contributed by atoms with E-state index < -0.39 is 0 Å². The molecule has 12 heteroatoms. The van der Waals surface area contributed by atoms with Crippen LogP contribution in [-0.2, 0) is 13.1 Å². The first-order valence-electron chi connectivity index (χ1n) is 9.48. The van der Waals surface area contributed by atoms with Crippen LogP contribution < -0.4 is 0 Å². The SMILES string of the molecule is Brc1cnc(C#CCCn2ccnn2)cn1.Brc1cnc(C=CCCn2ccnn2)cn1. The van der Waals surface area contributed by atoms with E-state index in [4.69, 9.17) is 0 Å². The van der Waals surface area contributed by atoms with Crippen LogP contribution in [0.4, 0.5) is 0 Å². The summed E-state index contributed by atoms with van der Waals surface area (Å²) < 4.78 is 4.98. The van der Waals surface area contributed by atoms with Gasteiger partial charge in [-0.15, -0.1) is 10.2 Å². The fourth-order valence-electron chi connectivity index (χ4n) is 2.22. The average molecular weight is 558 g/mol. The van der Waals surface area contributed by atoms with Crippen molar-refractivity contribution < 1.29 is 0 Å². The Kier molecular flexibility index (Phi) is 9.63. The molecule has 4 heterocycles. The second kappa shape index (κ2) is 13.2. The number of nitrogens with zero attached hydrogens (tertiary/aromatic N) is 10. The van der Waals surface area contributed by atoms with Crippen molar-refractivity contribution in [3.8, 4) is 11.8 Å². The predicted octanol–water partition coefficient (Wildman–Crippen LogP) is 3.21. The number of aromatic nitrogens is 10. The van der Waals surface area contributed by atoms with Gasteiger partial charge in [0.05, 0.1) is 49.4 Å². The molecule has 0 unspecified atom stereocenters. The lowest BCUT2D eigenvalue weighted by atomic mass is 10.3. The summed E-state index contributed by atoms with van der Waals surface area (Å²) in [6.07, 6.45) is 19.2. The molecule has 0 spiro atoms. The maximum atomic E-state index is 4.18. The highest BCUT2D eigenvalue weighted by atomic mass is 79.9. The molecule has 0 aromatic carbocycles. The lowest BCUT2D eigenvalue weighted by Gasteiger charge is -1.95. The van der Waals surface area contributed by atoms with Gasteiger partial charge in [0, 0.05) is 25.4 Å². The predicted molar refractivity (Wildman–Crippen MR) is 125 cm³/mol. The Morgan fingerprint density at radius 3 is 2.09 bits per heavy atom. The third kappa shape index (κ3) is 8.83. The molecule has 0 saturated heterocycles. The van der Waals surface area contributed by atoms with Gasteiger partial charge >= 0.3 is 0 Å². The maximum Gasteiger partial charge on any atom is 0.131 e. The molecule has 0 aliphatic carbocycles. The van der Waals surface area contributed by atoms with E-state index in [1.807, 2.05) is 18.3 Å². The van der Waals surface area contributed by atoms with Gasteiger partial charge in [0.2, 0.25) is 0 Å². The molecule has 0 N–H and O–H groups in total. The lowest BCUT2D eigenvalue weighted by Crippen LogP contribution is -1.97. The van der Waals surface area contributed by atoms with Crippen molar-refractivity contribution in [2.45, 2.75) is 25.9 Å². The Morgan fingerprint density at radius 1 is 0.812 bits per heavy atom. The van der Waals surface area contributed by atoms with Gasteiger partial charge in [-0.3, -0.25) is 14.3 Å². The fraction of sp³-hybridized carbons (Fsp3) is 0.200. The summed E-state index contributed by atoms with van der Waals surface area (Å²) in [4.78, 5) is 16.4. The Balaban J connectivity index is 0.000000181. The molecule has 0 aliphatic heterocycles. The van der Waals surface area contributed by atoms with Gasteiger partial charge in [-0.1, -0.05) is 22.4 Å². The van der Waals surface area contributed by atoms with E-state index >= 15 is 0 Å². The van der Waals surface area contributed by atoms with Gasteiger partial charge < -0.3 is 0 Å². The van der Waals surface area contributed by atoms with Crippen molar-refractivity contribution in [1.29, 1.82) is 0 Å². The molecule has 10 nitrogen and oxygen atoms in total. The van der Waals surface area contributed by atoms with Crippen molar-refractivity contribution in [2.75, 3.05) is 0 Å². The molecule has 4 rings (SSSR count). The normalized spacial score (nSPS) is 10.3. The Bertz CT molecular complexity index is 1130. The Labute approximate surface area is 201 Å². The summed E-state index contributed by atoms with van der Waals surface area (Å²) in [6, 6.07) is 0. The Morgan fingerprint density at radius 2 is 1.50 bits per heavy atom. The quantitative estimate of drug-likeness (QED) is 0.332. The average Bonchev–Trinajstić information content (AvgIpc) is 3.52. The largest absolute Gasteiger partial charge is 0.252 e. The molecule has 32 heavy (non-hydrogen) atoms. The number of hydrogen-bond donors (Lipinski definition) is 0. The molecule has 0 bridgehead atoms. The molecular weight excluding hydrogens is 540 g/mol. The number of allylic oxidation sites excluding steroid dienone is 1. The van der Waals surface area contributed by atoms with Crippen molar-refractivity contribution in [3.05, 3.63) is 76.2 Å². The van der Waals surface area contributed by atoms with Crippen LogP contribution in [0.1, 0.15) is 24.2 Å². The van der Waals surface area contributed by atoms with Gasteiger partial charge in [0.25, 0.3) is 0 Å². The van der Waals surface area contributed by atoms with Crippen LogP contribution in [0.15, 0.2) is 64.9 Å². The van der Waals surface area contributed by atoms with Gasteiger partial charge in [-0.25, -0.2) is 15.0 Å². The maximum absolute atomic E-state index is 4.18. The molecule has 4 aromatic heterocycles. The summed E-state index contributed by atoms with van der Waals surface area (Å²) in [5.74, 6) is 5.93. The van der Waals surface area contributed by atoms with E-state index in [2.05, 4.69) is 84.3 Å². The van der Waals surface area contributed by atoms with Gasteiger partial charge in [0.15, 0.2) is 0 Å². The highest BCUT2D eigenvalue weighted by Gasteiger charge is 1.92. The Hall–Kier alpha value is -3.30. The molecule has 162 valence electrons. The fourth-order valence-corrected chi connectivity index (χ4v) is 2.63. The van der Waals surface area contributed by atoms with Crippen LogP contribution in [0.5, 0.6) is 0 Å². The molecule has 0 atom stereocenters. The van der Waals surface area contributed by atoms with Gasteiger partial charge in [0.1, 0.15) is 14.9 Å². The number of aryl methyl sites for hydroxylation is 2. The standard InChI is InChI=1S/C10H10BrN5.C10H8BrN5/c2*11-10-8-12-9(7-13-10)3-1-2-5-16-6-4-14-15-16/h1,3-4,6-8H,2,5H2;4,6-8H,2,5H2. The molecule has 0 aliphatic rings. The third-order valence-electron chi connectivity index (χ3n) is 3.70. The minimum absolute atomic E-state index is 0.668. The molecular formula is C20H18Br2N10. The summed E-state index contributed by atoms with van der Waals surface area (Å²) in [7, 11) is 0. The van der Waals surface area contributed by atoms with E-state index in [9.17, 15) is 0 Å². The van der Waals surface area contributed by atoms with Crippen LogP contribution in [0.25, 0.3) is 6.08 Å². The van der Waals surface area contributed by atoms with Crippen LogP contribution in [0.2, 0.25) is 0 Å². The molecule has 0 radical (unpaired) electrons. The van der Waals surface area contributed by atoms with E-state index in [1.165, 1.54) is 0 Å². The highest BCUT2D eigenvalue weighted by molar-refractivity contribution is 9.10. The second-order valence-corrected chi connectivity index (χ2v) is 7.69. The minimum atomic E-state index is 0.668. The van der Waals surface area contributed by atoms with Gasteiger partial charge in [-0.05, 0) is 50.3 Å². The molecule has 0 saturated carbocycles. The van der Waals surface area contributed by atoms with Crippen LogP contribution in [-0.4, -0.2) is 49.9 Å². The van der Waals surface area contributed by atoms with Crippen molar-refractivity contribution >= 4 is 37.9 Å². The number of rotatable bonds is 6. The molecule has 4 aromatic rings. The van der Waals surface area contributed by atoms with Crippen molar-refractivity contribution in [2.24, 2.45) is 0 Å². The molecule has 0 amide bonds. The van der Waals surface area contributed by atoms with Crippen molar-refractivity contribution in [1.82, 2.24) is 49.9 Å². The smallest absolute Gasteiger partial charge is 0.131 e. The minimum Gasteiger partial charge on any atom is -0.252 e. The topological polar surface area (TPSA) is 113 Å². The summed E-state index contributed by atoms with van der Waals surface area (Å²) in [5.41, 5.74) is 1.52. The summed E-state index contributed by atoms with van der Waals surface area (Å²) in [6.45, 7) is 1.55. The monoisotopic (exact) mass is 556 g/mol. The number of hydrogen-bond acceptors (Lipinski definition) is 8. The first-order valence-corrected chi connectivity index (χ1v) is 11.1. The van der Waals surface area contributed by atoms with E-state index in [1.54, 1.807) is 52.7 Å². The zero-order chi connectivity index (χ0) is 22.4. The van der Waals surface area contributed by atoms with Crippen LogP contribution in [0.3, 0.4) is 0 Å². The van der Waals surface area contributed by atoms with Crippen LogP contribution in [0, 0.1) is 11.8 Å². The molecule has 0 fully saturated rings.